The number of hydrogen-bond donors (Lipinski definition) is 1. The van der Waals surface area contributed by atoms with E-state index in [1.165, 1.54) is 19.1 Å². The van der Waals surface area contributed by atoms with Gasteiger partial charge in [-0.2, -0.15) is 0 Å². The van der Waals surface area contributed by atoms with Crippen molar-refractivity contribution in [1.29, 1.82) is 0 Å². The van der Waals surface area contributed by atoms with Crippen molar-refractivity contribution in [3.05, 3.63) is 65.4 Å². The third-order valence-corrected chi connectivity index (χ3v) is 4.58. The number of hydrogen-bond acceptors (Lipinski definition) is 8. The number of benzene rings is 2. The van der Waals surface area contributed by atoms with Gasteiger partial charge in [-0.05, 0) is 30.3 Å². The predicted molar refractivity (Wildman–Crippen MR) is 112 cm³/mol. The average Bonchev–Trinajstić information content (AvgIpc) is 2.82. The fourth-order valence-electron chi connectivity index (χ4n) is 3.07. The van der Waals surface area contributed by atoms with Crippen LogP contribution in [0.3, 0.4) is 0 Å². The minimum Gasteiger partial charge on any atom is -0.497 e. The zero-order chi connectivity index (χ0) is 22.4. The van der Waals surface area contributed by atoms with Crippen molar-refractivity contribution in [2.24, 2.45) is 0 Å². The van der Waals surface area contributed by atoms with Crippen molar-refractivity contribution in [2.75, 3.05) is 44.9 Å². The Balaban J connectivity index is 1.92. The maximum Gasteiger partial charge on any atom is 0.355 e. The van der Waals surface area contributed by atoms with Gasteiger partial charge in [0.15, 0.2) is 0 Å². The lowest BCUT2D eigenvalue weighted by molar-refractivity contribution is -0.140. The largest absolute Gasteiger partial charge is 0.497 e. The van der Waals surface area contributed by atoms with Crippen molar-refractivity contribution in [1.82, 2.24) is 0 Å². The number of esters is 2. The van der Waals surface area contributed by atoms with Crippen molar-refractivity contribution in [3.63, 3.8) is 0 Å². The molecule has 3 rings (SSSR count). The summed E-state index contributed by atoms with van der Waals surface area (Å²) in [4.78, 5) is 38.8. The first-order valence-corrected chi connectivity index (χ1v) is 9.29. The van der Waals surface area contributed by atoms with E-state index in [1.807, 2.05) is 0 Å². The number of methoxy groups -OCH3 is 3. The topological polar surface area (TPSA) is 103 Å². The van der Waals surface area contributed by atoms with Crippen LogP contribution in [-0.4, -0.2) is 52.5 Å². The molecule has 0 saturated carbocycles. The van der Waals surface area contributed by atoms with Gasteiger partial charge < -0.3 is 29.2 Å². The standard InChI is InChI=1S/C22H22N2O7/c1-28-17-9-5-7-15(11-17)23-20(25)14-6-4-8-16(10-14)24-13-31-12-18(21(26)29-2)19(24)22(27)30-3/h4-11H,12-13H2,1-3H3,(H,23,25). The molecule has 1 aliphatic heterocycles. The Morgan fingerprint density at radius 3 is 2.42 bits per heavy atom. The van der Waals surface area contributed by atoms with Crippen molar-refractivity contribution in [3.8, 4) is 5.75 Å². The molecule has 0 fully saturated rings. The van der Waals surface area contributed by atoms with Gasteiger partial charge in [0.05, 0.1) is 33.5 Å². The number of nitrogens with one attached hydrogen (secondary N) is 1. The van der Waals surface area contributed by atoms with Gasteiger partial charge in [0.2, 0.25) is 0 Å². The molecule has 0 bridgehead atoms. The fourth-order valence-corrected chi connectivity index (χ4v) is 3.07. The molecule has 1 N–H and O–H groups in total. The molecule has 1 aliphatic rings. The van der Waals surface area contributed by atoms with Crippen molar-refractivity contribution in [2.45, 2.75) is 0 Å². The quantitative estimate of drug-likeness (QED) is 0.702. The Hall–Kier alpha value is -3.85. The van der Waals surface area contributed by atoms with Crippen LogP contribution in [0.2, 0.25) is 0 Å². The molecule has 0 saturated heterocycles. The van der Waals surface area contributed by atoms with Crippen LogP contribution in [0.25, 0.3) is 0 Å². The molecule has 2 aromatic carbocycles. The molecule has 2 aromatic rings. The van der Waals surface area contributed by atoms with E-state index >= 15 is 0 Å². The van der Waals surface area contributed by atoms with Crippen molar-refractivity contribution >= 4 is 29.2 Å². The number of ether oxygens (including phenoxy) is 4. The van der Waals surface area contributed by atoms with Crippen LogP contribution in [-0.2, 0) is 23.8 Å². The van der Waals surface area contributed by atoms with Crippen molar-refractivity contribution < 1.29 is 33.3 Å². The molecule has 31 heavy (non-hydrogen) atoms. The second-order valence-electron chi connectivity index (χ2n) is 6.45. The summed E-state index contributed by atoms with van der Waals surface area (Å²) in [7, 11) is 3.97. The van der Waals surface area contributed by atoms with Gasteiger partial charge in [-0.15, -0.1) is 0 Å². The second-order valence-corrected chi connectivity index (χ2v) is 6.45. The molecular formula is C22H22N2O7. The summed E-state index contributed by atoms with van der Waals surface area (Å²) < 4.78 is 20.2. The second kappa shape index (κ2) is 9.77. The lowest BCUT2D eigenvalue weighted by Gasteiger charge is -2.31. The Morgan fingerprint density at radius 2 is 1.71 bits per heavy atom. The molecule has 0 aromatic heterocycles. The summed E-state index contributed by atoms with van der Waals surface area (Å²) in [6.45, 7) is -0.102. The van der Waals surface area contributed by atoms with E-state index in [0.29, 0.717) is 22.7 Å². The van der Waals surface area contributed by atoms with E-state index in [0.717, 1.165) is 0 Å². The minimum absolute atomic E-state index is 0.00551. The fraction of sp³-hybridized carbons (Fsp3) is 0.227. The van der Waals surface area contributed by atoms with Gasteiger partial charge >= 0.3 is 11.9 Å². The van der Waals surface area contributed by atoms with E-state index in [-0.39, 0.29) is 30.5 Å². The molecule has 0 unspecified atom stereocenters. The molecule has 0 atom stereocenters. The summed E-state index contributed by atoms with van der Waals surface area (Å²) in [5.74, 6) is -1.16. The molecule has 0 spiro atoms. The Kier molecular flexibility index (Phi) is 6.88. The van der Waals surface area contributed by atoms with E-state index in [9.17, 15) is 14.4 Å². The van der Waals surface area contributed by atoms with Crippen LogP contribution in [0.15, 0.2) is 59.8 Å². The zero-order valence-electron chi connectivity index (χ0n) is 17.3. The summed E-state index contributed by atoms with van der Waals surface area (Å²) in [6, 6.07) is 13.5. The Bertz CT molecular complexity index is 1030. The number of carbonyl (C=O) groups excluding carboxylic acids is 3. The third kappa shape index (κ3) is 4.84. The zero-order valence-corrected chi connectivity index (χ0v) is 17.3. The van der Waals surface area contributed by atoms with Crippen LogP contribution in [0.5, 0.6) is 5.75 Å². The summed E-state index contributed by atoms with van der Waals surface area (Å²) in [5, 5.41) is 2.80. The van der Waals surface area contributed by atoms with E-state index in [4.69, 9.17) is 18.9 Å². The molecule has 0 radical (unpaired) electrons. The summed E-state index contributed by atoms with van der Waals surface area (Å²) in [6.07, 6.45) is 0. The first-order chi connectivity index (χ1) is 15.0. The first kappa shape index (κ1) is 21.8. The highest BCUT2D eigenvalue weighted by Gasteiger charge is 2.32. The van der Waals surface area contributed by atoms with Crippen LogP contribution in [0.1, 0.15) is 10.4 Å². The molecule has 9 heteroatoms. The smallest absolute Gasteiger partial charge is 0.355 e. The lowest BCUT2D eigenvalue weighted by atomic mass is 10.1. The number of nitrogens with zero attached hydrogens (tertiary/aromatic N) is 1. The van der Waals surface area contributed by atoms with Crippen LogP contribution in [0.4, 0.5) is 11.4 Å². The van der Waals surface area contributed by atoms with Gasteiger partial charge in [-0.25, -0.2) is 9.59 Å². The van der Waals surface area contributed by atoms with Gasteiger partial charge in [-0.3, -0.25) is 4.79 Å². The summed E-state index contributed by atoms with van der Waals surface area (Å²) in [5.41, 5.74) is 1.42. The Labute approximate surface area is 179 Å². The van der Waals surface area contributed by atoms with Gasteiger partial charge in [-0.1, -0.05) is 12.1 Å². The van der Waals surface area contributed by atoms with Crippen LogP contribution >= 0.6 is 0 Å². The molecule has 1 heterocycles. The maximum atomic E-state index is 12.8. The monoisotopic (exact) mass is 426 g/mol. The predicted octanol–water partition coefficient (Wildman–Crippen LogP) is 2.34. The van der Waals surface area contributed by atoms with Crippen LogP contribution in [0, 0.1) is 0 Å². The molecule has 162 valence electrons. The Morgan fingerprint density at radius 1 is 0.968 bits per heavy atom. The normalized spacial score (nSPS) is 13.5. The number of anilines is 2. The minimum atomic E-state index is -0.713. The van der Waals surface area contributed by atoms with Gasteiger partial charge in [0, 0.05) is 23.0 Å². The van der Waals surface area contributed by atoms with E-state index in [2.05, 4.69) is 5.32 Å². The summed E-state index contributed by atoms with van der Waals surface area (Å²) >= 11 is 0. The number of carbonyl (C=O) groups is 3. The van der Waals surface area contributed by atoms with Gasteiger partial charge in [0.25, 0.3) is 5.91 Å². The molecule has 0 aliphatic carbocycles. The molecular weight excluding hydrogens is 404 g/mol. The molecule has 9 nitrogen and oxygen atoms in total. The van der Waals surface area contributed by atoms with Crippen LogP contribution < -0.4 is 15.0 Å². The highest BCUT2D eigenvalue weighted by Crippen LogP contribution is 2.28. The third-order valence-electron chi connectivity index (χ3n) is 4.58. The van der Waals surface area contributed by atoms with E-state index in [1.54, 1.807) is 55.6 Å². The lowest BCUT2D eigenvalue weighted by Crippen LogP contribution is -2.38. The highest BCUT2D eigenvalue weighted by atomic mass is 16.5. The SMILES string of the molecule is COC(=O)C1=C(C(=O)OC)N(c2cccc(C(=O)Nc3cccc(OC)c3)c2)COC1. The first-order valence-electron chi connectivity index (χ1n) is 9.29. The average molecular weight is 426 g/mol. The van der Waals surface area contributed by atoms with E-state index < -0.39 is 11.9 Å². The van der Waals surface area contributed by atoms with Gasteiger partial charge in [0.1, 0.15) is 18.2 Å². The highest BCUT2D eigenvalue weighted by molar-refractivity contribution is 6.06. The number of amides is 1. The number of rotatable bonds is 6. The maximum absolute atomic E-state index is 12.8. The molecule has 1 amide bonds.